The second kappa shape index (κ2) is 5.09. The van der Waals surface area contributed by atoms with Gasteiger partial charge < -0.3 is 4.42 Å². The van der Waals surface area contributed by atoms with Gasteiger partial charge in [0, 0.05) is 5.38 Å². The first-order chi connectivity index (χ1) is 7.78. The molecule has 0 saturated carbocycles. The van der Waals surface area contributed by atoms with Crippen molar-refractivity contribution < 1.29 is 4.42 Å². The summed E-state index contributed by atoms with van der Waals surface area (Å²) in [7, 11) is 0. The molecule has 16 heavy (non-hydrogen) atoms. The first kappa shape index (κ1) is 11.1. The fraction of sp³-hybridized carbons (Fsp3) is 0.333. The summed E-state index contributed by atoms with van der Waals surface area (Å²) in [4.78, 5) is 4.31. The van der Waals surface area contributed by atoms with E-state index in [1.54, 1.807) is 11.3 Å². The molecule has 0 atom stereocenters. The van der Waals surface area contributed by atoms with Crippen LogP contribution in [-0.4, -0.2) is 20.9 Å². The van der Waals surface area contributed by atoms with Crippen molar-refractivity contribution in [3.05, 3.63) is 22.0 Å². The lowest BCUT2D eigenvalue weighted by atomic mass is 10.3. The van der Waals surface area contributed by atoms with E-state index in [1.807, 2.05) is 18.4 Å². The van der Waals surface area contributed by atoms with Crippen molar-refractivity contribution in [1.82, 2.24) is 15.2 Å². The van der Waals surface area contributed by atoms with Crippen LogP contribution in [0.1, 0.15) is 16.6 Å². The second-order valence-electron chi connectivity index (χ2n) is 2.94. The Kier molecular flexibility index (Phi) is 3.54. The lowest BCUT2D eigenvalue weighted by molar-refractivity contribution is 0.420. The molecule has 0 amide bonds. The minimum absolute atomic E-state index is 0.317. The number of hydrogen-bond acceptors (Lipinski definition) is 7. The van der Waals surface area contributed by atoms with Crippen LogP contribution in [0.3, 0.4) is 0 Å². The van der Waals surface area contributed by atoms with Gasteiger partial charge in [-0.15, -0.1) is 21.5 Å². The van der Waals surface area contributed by atoms with Gasteiger partial charge in [0.25, 0.3) is 5.22 Å². The first-order valence-corrected chi connectivity index (χ1v) is 6.37. The smallest absolute Gasteiger partial charge is 0.277 e. The van der Waals surface area contributed by atoms with Crippen molar-refractivity contribution in [2.24, 2.45) is 0 Å². The van der Waals surface area contributed by atoms with Crippen LogP contribution in [0.25, 0.3) is 0 Å². The van der Waals surface area contributed by atoms with Crippen LogP contribution >= 0.6 is 23.1 Å². The van der Waals surface area contributed by atoms with E-state index in [-0.39, 0.29) is 0 Å². The van der Waals surface area contributed by atoms with Crippen LogP contribution in [0.2, 0.25) is 0 Å². The summed E-state index contributed by atoms with van der Waals surface area (Å²) in [6.07, 6.45) is 0.546. The average molecular weight is 252 g/mol. The van der Waals surface area contributed by atoms with E-state index in [0.717, 1.165) is 10.7 Å². The molecule has 2 aromatic rings. The highest BCUT2D eigenvalue weighted by Crippen LogP contribution is 2.17. The van der Waals surface area contributed by atoms with Crippen LogP contribution in [0.5, 0.6) is 0 Å². The van der Waals surface area contributed by atoms with Gasteiger partial charge >= 0.3 is 0 Å². The highest BCUT2D eigenvalue weighted by Gasteiger charge is 2.08. The molecule has 0 aromatic carbocycles. The van der Waals surface area contributed by atoms with Gasteiger partial charge in [0.2, 0.25) is 5.89 Å². The van der Waals surface area contributed by atoms with E-state index < -0.39 is 0 Å². The van der Waals surface area contributed by atoms with Gasteiger partial charge in [-0.1, -0.05) is 11.8 Å². The van der Waals surface area contributed by atoms with Crippen molar-refractivity contribution >= 4 is 23.1 Å². The van der Waals surface area contributed by atoms with E-state index in [0.29, 0.717) is 23.3 Å². The van der Waals surface area contributed by atoms with Crippen molar-refractivity contribution in [1.29, 1.82) is 5.26 Å². The third-order valence-corrected chi connectivity index (χ3v) is 3.22. The topological polar surface area (TPSA) is 75.6 Å². The summed E-state index contributed by atoms with van der Waals surface area (Å²) in [6.45, 7) is 1.95. The van der Waals surface area contributed by atoms with Gasteiger partial charge in [0.1, 0.15) is 0 Å². The number of rotatable bonds is 4. The number of aromatic nitrogens is 3. The maximum atomic E-state index is 8.40. The second-order valence-corrected chi connectivity index (χ2v) is 4.93. The number of nitriles is 1. The predicted molar refractivity (Wildman–Crippen MR) is 60.3 cm³/mol. The molecular formula is C9H8N4OS2. The Bertz CT molecular complexity index is 514. The quantitative estimate of drug-likeness (QED) is 0.775. The third-order valence-electron chi connectivity index (χ3n) is 1.71. The van der Waals surface area contributed by atoms with Gasteiger partial charge in [-0.25, -0.2) is 4.98 Å². The summed E-state index contributed by atoms with van der Waals surface area (Å²) in [6, 6.07) is 2.00. The van der Waals surface area contributed by atoms with Crippen molar-refractivity contribution in [2.45, 2.75) is 18.6 Å². The molecule has 0 saturated heterocycles. The van der Waals surface area contributed by atoms with E-state index in [2.05, 4.69) is 15.2 Å². The summed E-state index contributed by atoms with van der Waals surface area (Å²) in [5.74, 6) is 0.850. The van der Waals surface area contributed by atoms with Crippen LogP contribution in [0, 0.1) is 18.3 Å². The number of aryl methyl sites for hydroxylation is 1. The maximum absolute atomic E-state index is 8.40. The largest absolute Gasteiger partial charge is 0.416 e. The maximum Gasteiger partial charge on any atom is 0.277 e. The van der Waals surface area contributed by atoms with Gasteiger partial charge in [-0.05, 0) is 6.92 Å². The molecule has 0 aliphatic heterocycles. The highest BCUT2D eigenvalue weighted by atomic mass is 32.2. The molecule has 2 rings (SSSR count). The van der Waals surface area contributed by atoms with E-state index >= 15 is 0 Å². The summed E-state index contributed by atoms with van der Waals surface area (Å²) in [5.41, 5.74) is 0.933. The Hall–Kier alpha value is -1.39. The molecule has 0 N–H and O–H groups in total. The van der Waals surface area contributed by atoms with Crippen LogP contribution in [-0.2, 0) is 6.42 Å². The van der Waals surface area contributed by atoms with Gasteiger partial charge in [-0.3, -0.25) is 0 Å². The third kappa shape index (κ3) is 2.81. The first-order valence-electron chi connectivity index (χ1n) is 4.51. The lowest BCUT2D eigenvalue weighted by Gasteiger charge is -1.88. The lowest BCUT2D eigenvalue weighted by Crippen LogP contribution is -1.88. The number of nitrogens with zero attached hydrogens (tertiary/aromatic N) is 4. The molecule has 0 bridgehead atoms. The average Bonchev–Trinajstić information content (AvgIpc) is 2.86. The minimum atomic E-state index is 0.317. The molecule has 0 spiro atoms. The Morgan fingerprint density at radius 2 is 2.44 bits per heavy atom. The molecule has 82 valence electrons. The molecule has 0 aliphatic rings. The SMILES string of the molecule is Cc1nc(Cc2nnc(SCC#N)o2)cs1. The van der Waals surface area contributed by atoms with Crippen molar-refractivity contribution in [2.75, 3.05) is 5.75 Å². The van der Waals surface area contributed by atoms with Crippen LogP contribution < -0.4 is 0 Å². The highest BCUT2D eigenvalue weighted by molar-refractivity contribution is 7.99. The Labute approximate surface area is 101 Å². The fourth-order valence-electron chi connectivity index (χ4n) is 1.11. The van der Waals surface area contributed by atoms with E-state index in [1.165, 1.54) is 11.8 Å². The van der Waals surface area contributed by atoms with Crippen molar-refractivity contribution in [3.8, 4) is 6.07 Å². The van der Waals surface area contributed by atoms with Crippen molar-refractivity contribution in [3.63, 3.8) is 0 Å². The standard InChI is InChI=1S/C9H8N4OS2/c1-6-11-7(5-16-6)4-8-12-13-9(14-8)15-3-2-10/h5H,3-4H2,1H3. The summed E-state index contributed by atoms with van der Waals surface area (Å²) < 4.78 is 5.35. The minimum Gasteiger partial charge on any atom is -0.416 e. The van der Waals surface area contributed by atoms with Gasteiger partial charge in [0.15, 0.2) is 0 Å². The Morgan fingerprint density at radius 3 is 3.12 bits per heavy atom. The zero-order valence-electron chi connectivity index (χ0n) is 8.51. The molecule has 2 aromatic heterocycles. The molecule has 7 heteroatoms. The number of thiazole rings is 1. The zero-order valence-corrected chi connectivity index (χ0v) is 10.1. The number of thioether (sulfide) groups is 1. The molecule has 0 unspecified atom stereocenters. The zero-order chi connectivity index (χ0) is 11.4. The molecule has 5 nitrogen and oxygen atoms in total. The molecular weight excluding hydrogens is 244 g/mol. The monoisotopic (exact) mass is 252 g/mol. The fourth-order valence-corrected chi connectivity index (χ4v) is 2.16. The summed E-state index contributed by atoms with van der Waals surface area (Å²) in [5, 5.41) is 19.6. The van der Waals surface area contributed by atoms with Gasteiger partial charge in [-0.2, -0.15) is 5.26 Å². The summed E-state index contributed by atoms with van der Waals surface area (Å²) >= 11 is 2.83. The molecule has 2 heterocycles. The Balaban J connectivity index is 2.00. The van der Waals surface area contributed by atoms with Crippen LogP contribution in [0.15, 0.2) is 15.0 Å². The van der Waals surface area contributed by atoms with Gasteiger partial charge in [0.05, 0.1) is 28.9 Å². The Morgan fingerprint density at radius 1 is 1.56 bits per heavy atom. The predicted octanol–water partition coefficient (Wildman–Crippen LogP) is 2.04. The van der Waals surface area contributed by atoms with E-state index in [4.69, 9.17) is 9.68 Å². The normalized spacial score (nSPS) is 10.2. The molecule has 0 radical (unpaired) electrons. The van der Waals surface area contributed by atoms with E-state index in [9.17, 15) is 0 Å². The molecule has 0 fully saturated rings. The molecule has 0 aliphatic carbocycles. The number of hydrogen-bond donors (Lipinski definition) is 0. The van der Waals surface area contributed by atoms with Crippen LogP contribution in [0.4, 0.5) is 0 Å².